The number of benzene rings is 3. The van der Waals surface area contributed by atoms with Gasteiger partial charge < -0.3 is 14.6 Å². The lowest BCUT2D eigenvalue weighted by Crippen LogP contribution is -2.57. The highest BCUT2D eigenvalue weighted by molar-refractivity contribution is 5.96. The van der Waals surface area contributed by atoms with Crippen molar-refractivity contribution in [1.29, 1.82) is 0 Å². The predicted molar refractivity (Wildman–Crippen MR) is 129 cm³/mol. The third kappa shape index (κ3) is 3.34. The summed E-state index contributed by atoms with van der Waals surface area (Å²) >= 11 is 0. The van der Waals surface area contributed by atoms with E-state index in [-0.39, 0.29) is 11.4 Å². The van der Waals surface area contributed by atoms with Gasteiger partial charge in [0, 0.05) is 11.0 Å². The summed E-state index contributed by atoms with van der Waals surface area (Å²) in [5.74, 6) is 1.86. The molecule has 170 valence electrons. The molecule has 33 heavy (non-hydrogen) atoms. The van der Waals surface area contributed by atoms with Crippen molar-refractivity contribution in [1.82, 2.24) is 0 Å². The molecule has 2 atom stereocenters. The second-order valence-corrected chi connectivity index (χ2v) is 10.6. The van der Waals surface area contributed by atoms with E-state index in [4.69, 9.17) is 9.47 Å². The summed E-state index contributed by atoms with van der Waals surface area (Å²) in [4.78, 5) is 11.9. The maximum atomic E-state index is 11.9. The normalized spacial score (nSPS) is 29.9. The molecule has 4 aliphatic rings. The Morgan fingerprint density at radius 3 is 2.24 bits per heavy atom. The van der Waals surface area contributed by atoms with Crippen molar-refractivity contribution in [3.63, 3.8) is 0 Å². The summed E-state index contributed by atoms with van der Waals surface area (Å²) in [6.07, 6.45) is 6.35. The van der Waals surface area contributed by atoms with E-state index >= 15 is 0 Å². The van der Waals surface area contributed by atoms with Crippen LogP contribution in [0.1, 0.15) is 54.4 Å². The zero-order chi connectivity index (χ0) is 22.8. The van der Waals surface area contributed by atoms with Gasteiger partial charge in [0.25, 0.3) is 0 Å². The van der Waals surface area contributed by atoms with Gasteiger partial charge in [0.15, 0.2) is 0 Å². The molecule has 0 spiro atoms. The van der Waals surface area contributed by atoms with Crippen LogP contribution in [0.25, 0.3) is 21.9 Å². The quantitative estimate of drug-likeness (QED) is 0.512. The number of hydrogen-bond acceptors (Lipinski definition) is 4. The van der Waals surface area contributed by atoms with Crippen LogP contribution in [-0.2, 0) is 10.2 Å². The molecule has 4 nitrogen and oxygen atoms in total. The molecule has 4 saturated carbocycles. The first-order chi connectivity index (χ1) is 15.9. The van der Waals surface area contributed by atoms with Crippen molar-refractivity contribution in [2.75, 3.05) is 14.2 Å². The monoisotopic (exact) mass is 442 g/mol. The van der Waals surface area contributed by atoms with Gasteiger partial charge in [0.1, 0.15) is 5.75 Å². The Morgan fingerprint density at radius 1 is 0.879 bits per heavy atom. The second-order valence-electron chi connectivity index (χ2n) is 10.6. The molecular formula is C29H30O4. The molecule has 7 rings (SSSR count). The molecule has 4 fully saturated rings. The van der Waals surface area contributed by atoms with E-state index in [1.165, 1.54) is 19.1 Å². The van der Waals surface area contributed by atoms with Crippen molar-refractivity contribution in [3.05, 3.63) is 65.7 Å². The van der Waals surface area contributed by atoms with Crippen LogP contribution in [0.4, 0.5) is 0 Å². The molecule has 3 aromatic carbocycles. The molecule has 4 bridgehead atoms. The Morgan fingerprint density at radius 2 is 1.55 bits per heavy atom. The van der Waals surface area contributed by atoms with E-state index in [2.05, 4.69) is 36.4 Å². The van der Waals surface area contributed by atoms with Crippen molar-refractivity contribution >= 4 is 16.7 Å². The standard InChI is InChI=1S/C29H30O4/c1-32-26-8-7-23(21-3-4-22-11-24(27(30)33-2)6-5-20(22)10-21)12-25(26)28-13-18-9-19(14-28)16-29(31,15-18)17-28/h3-8,10-12,18-19,31H,9,13-17H2,1-2H3. The van der Waals surface area contributed by atoms with Gasteiger partial charge in [0.2, 0.25) is 0 Å². The topological polar surface area (TPSA) is 55.8 Å². The van der Waals surface area contributed by atoms with Gasteiger partial charge in [-0.15, -0.1) is 0 Å². The first-order valence-corrected chi connectivity index (χ1v) is 11.9. The highest BCUT2D eigenvalue weighted by Gasteiger charge is 2.58. The highest BCUT2D eigenvalue weighted by Crippen LogP contribution is 2.63. The number of carbonyl (C=O) groups is 1. The smallest absolute Gasteiger partial charge is 0.337 e. The summed E-state index contributed by atoms with van der Waals surface area (Å²) < 4.78 is 10.7. The molecule has 1 N–H and O–H groups in total. The van der Waals surface area contributed by atoms with E-state index in [9.17, 15) is 9.90 Å². The molecular weight excluding hydrogens is 412 g/mol. The highest BCUT2D eigenvalue weighted by atomic mass is 16.5. The summed E-state index contributed by atoms with van der Waals surface area (Å²) in [5, 5.41) is 13.4. The molecule has 4 aliphatic carbocycles. The molecule has 0 aromatic heterocycles. The zero-order valence-corrected chi connectivity index (χ0v) is 19.3. The van der Waals surface area contributed by atoms with Gasteiger partial charge in [-0.3, -0.25) is 0 Å². The average molecular weight is 443 g/mol. The number of methoxy groups -OCH3 is 2. The van der Waals surface area contributed by atoms with Gasteiger partial charge in [-0.2, -0.15) is 0 Å². The van der Waals surface area contributed by atoms with Crippen LogP contribution in [0.5, 0.6) is 5.75 Å². The lowest BCUT2D eigenvalue weighted by Gasteiger charge is -2.60. The van der Waals surface area contributed by atoms with E-state index in [1.807, 2.05) is 18.2 Å². The Labute approximate surface area is 194 Å². The van der Waals surface area contributed by atoms with Gasteiger partial charge >= 0.3 is 5.97 Å². The summed E-state index contributed by atoms with van der Waals surface area (Å²) in [7, 11) is 3.15. The number of esters is 1. The largest absolute Gasteiger partial charge is 0.496 e. The minimum Gasteiger partial charge on any atom is -0.496 e. The fourth-order valence-corrected chi connectivity index (χ4v) is 7.50. The third-order valence-corrected chi connectivity index (χ3v) is 8.40. The van der Waals surface area contributed by atoms with E-state index in [0.717, 1.165) is 59.8 Å². The Kier molecular flexibility index (Phi) is 4.60. The number of rotatable bonds is 4. The van der Waals surface area contributed by atoms with E-state index in [1.54, 1.807) is 7.11 Å². The van der Waals surface area contributed by atoms with Crippen LogP contribution in [0.15, 0.2) is 54.6 Å². The van der Waals surface area contributed by atoms with Crippen LogP contribution in [0.2, 0.25) is 0 Å². The van der Waals surface area contributed by atoms with Crippen molar-refractivity contribution in [3.8, 4) is 16.9 Å². The molecule has 0 heterocycles. The molecule has 2 unspecified atom stereocenters. The number of carbonyl (C=O) groups excluding carboxylic acids is 1. The first kappa shape index (κ1) is 20.7. The number of aliphatic hydroxyl groups is 1. The minimum atomic E-state index is -0.509. The minimum absolute atomic E-state index is 0.00640. The first-order valence-electron chi connectivity index (χ1n) is 11.9. The lowest BCUT2D eigenvalue weighted by atomic mass is 9.46. The summed E-state index contributed by atoms with van der Waals surface area (Å²) in [6, 6.07) is 18.5. The molecule has 0 amide bonds. The molecule has 4 heteroatoms. The van der Waals surface area contributed by atoms with Gasteiger partial charge in [0.05, 0.1) is 25.4 Å². The molecule has 3 aromatic rings. The van der Waals surface area contributed by atoms with Gasteiger partial charge in [-0.25, -0.2) is 4.79 Å². The van der Waals surface area contributed by atoms with Crippen molar-refractivity contribution < 1.29 is 19.4 Å². The fraction of sp³-hybridized carbons (Fsp3) is 0.414. The average Bonchev–Trinajstić information content (AvgIpc) is 2.81. The molecule has 0 radical (unpaired) electrons. The van der Waals surface area contributed by atoms with E-state index in [0.29, 0.717) is 17.4 Å². The maximum absolute atomic E-state index is 11.9. The second kappa shape index (κ2) is 7.33. The summed E-state index contributed by atoms with van der Waals surface area (Å²) in [5.41, 5.74) is 3.62. The lowest BCUT2D eigenvalue weighted by molar-refractivity contribution is -0.137. The number of ether oxygens (including phenoxy) is 2. The Hall–Kier alpha value is -2.85. The Balaban J connectivity index is 1.42. The molecule has 0 saturated heterocycles. The van der Waals surface area contributed by atoms with Gasteiger partial charge in [-0.1, -0.05) is 24.3 Å². The maximum Gasteiger partial charge on any atom is 0.337 e. The van der Waals surface area contributed by atoms with Crippen molar-refractivity contribution in [2.24, 2.45) is 11.8 Å². The van der Waals surface area contributed by atoms with Crippen LogP contribution in [-0.4, -0.2) is 30.9 Å². The van der Waals surface area contributed by atoms with Crippen LogP contribution in [0.3, 0.4) is 0 Å². The van der Waals surface area contributed by atoms with Crippen LogP contribution in [0, 0.1) is 11.8 Å². The fourth-order valence-electron chi connectivity index (χ4n) is 7.50. The van der Waals surface area contributed by atoms with Crippen LogP contribution >= 0.6 is 0 Å². The number of fused-ring (bicyclic) bond motifs is 1. The third-order valence-electron chi connectivity index (χ3n) is 8.40. The summed E-state index contributed by atoms with van der Waals surface area (Å²) in [6.45, 7) is 0. The number of hydrogen-bond donors (Lipinski definition) is 1. The SMILES string of the molecule is COC(=O)c1ccc2cc(-c3ccc(OC)c(C45CC6CC(CC(O)(C6)C4)C5)c3)ccc2c1. The van der Waals surface area contributed by atoms with Gasteiger partial charge in [-0.05, 0) is 103 Å². The van der Waals surface area contributed by atoms with E-state index < -0.39 is 5.60 Å². The Bertz CT molecular complexity index is 1250. The predicted octanol–water partition coefficient (Wildman–Crippen LogP) is 5.88. The van der Waals surface area contributed by atoms with Crippen LogP contribution < -0.4 is 4.74 Å². The molecule has 0 aliphatic heterocycles. The van der Waals surface area contributed by atoms with Crippen molar-refractivity contribution in [2.45, 2.75) is 49.5 Å². The zero-order valence-electron chi connectivity index (χ0n) is 19.3.